The summed E-state index contributed by atoms with van der Waals surface area (Å²) in [5, 5.41) is 136. The third-order valence-corrected chi connectivity index (χ3v) is 11.3. The third kappa shape index (κ3) is 9.46. The second-order valence-electron chi connectivity index (χ2n) is 15.5. The second kappa shape index (κ2) is 19.8. The van der Waals surface area contributed by atoms with E-state index in [1.807, 2.05) is 0 Å². The standard InChI is InChI=1S/C34H56N2O24/c1-8-17(43)22(48)24(50)32(51-8)60-29-27-21(47)14(7-40)55-34(29)57-26-16(36-10(3)42)30(52-13(6-39)20(26)46)56-25-15(35-9(2)41)31(53-12(5-38)19(25)45)59-28-23(49)18(44)11(4-37)54-33(28)58-27/h8,11-34,37-40,43-50H,4-7H2,1-3H3,(H,35,41)(H,36,42)/t8-,11+,12+,13+,14+,15+,16+,17+,18+,19-,20-,21-,22+,23-,24-,25+,26+,27-,28+,29+,30+,31+,32-,33+,34-/m0/s1. The molecular weight excluding hydrogens is 820 g/mol. The van der Waals surface area contributed by atoms with Crippen LogP contribution >= 0.6 is 0 Å². The molecule has 14 N–H and O–H groups in total. The molecule has 26 nitrogen and oxygen atoms in total. The molecule has 6 bridgehead atoms. The molecule has 26 heteroatoms. The maximum absolute atomic E-state index is 12.8. The summed E-state index contributed by atoms with van der Waals surface area (Å²) in [4.78, 5) is 25.5. The fourth-order valence-electron chi connectivity index (χ4n) is 8.13. The van der Waals surface area contributed by atoms with Gasteiger partial charge in [-0.05, 0) is 6.92 Å². The van der Waals surface area contributed by atoms with Gasteiger partial charge in [-0.2, -0.15) is 0 Å². The number of fused-ring (bicyclic) bond motifs is 7. The molecule has 346 valence electrons. The van der Waals surface area contributed by atoms with Crippen LogP contribution in [0.4, 0.5) is 0 Å². The van der Waals surface area contributed by atoms with E-state index in [1.54, 1.807) is 0 Å². The predicted molar refractivity (Wildman–Crippen MR) is 185 cm³/mol. The van der Waals surface area contributed by atoms with E-state index in [4.69, 9.17) is 47.4 Å². The SMILES string of the molecule is CC(=O)N[C@H]1[C@H]2O[C@H]3[C@@H](O[C@H]4[C@@H](O)[C@@H](CO)O[C@@H](O[C@H]5[C@@H](O)[C@@H](CO)O[C@H](O[C@H]1[C@@H](O)[C@@H](CO)O2)[C@@H]5NC(C)=O)[C@@H]4O[C@@H]1O[C@@H](C)[C@@H](O)[C@@H](O)[C@@H]1O)O[C@H](CO)[C@@H](O)[C@@H]3O. The normalized spacial score (nSPS) is 51.3. The number of carbonyl (C=O) groups excluding carboxylic acids is 2. The molecule has 0 aliphatic carbocycles. The van der Waals surface area contributed by atoms with Crippen LogP contribution < -0.4 is 10.6 Å². The van der Waals surface area contributed by atoms with E-state index in [-0.39, 0.29) is 0 Å². The first kappa shape index (κ1) is 47.5. The Bertz CT molecular complexity index is 1440. The van der Waals surface area contributed by atoms with E-state index in [2.05, 4.69) is 10.6 Å². The van der Waals surface area contributed by atoms with Gasteiger partial charge >= 0.3 is 0 Å². The number of nitrogens with one attached hydrogen (secondary N) is 2. The van der Waals surface area contributed by atoms with Crippen LogP contribution in [0, 0.1) is 0 Å². The van der Waals surface area contributed by atoms with Crippen LogP contribution in [0.5, 0.6) is 0 Å². The zero-order chi connectivity index (χ0) is 43.9. The summed E-state index contributed by atoms with van der Waals surface area (Å²) in [7, 11) is 0. The molecule has 0 aromatic heterocycles. The average molecular weight is 877 g/mol. The first-order valence-corrected chi connectivity index (χ1v) is 19.4. The molecule has 25 atom stereocenters. The van der Waals surface area contributed by atoms with Gasteiger partial charge < -0.3 is 119 Å². The van der Waals surface area contributed by atoms with Crippen molar-refractivity contribution in [3.63, 3.8) is 0 Å². The molecule has 0 aromatic rings. The van der Waals surface area contributed by atoms with Gasteiger partial charge in [0.05, 0.1) is 32.5 Å². The smallest absolute Gasteiger partial charge is 0.217 e. The highest BCUT2D eigenvalue weighted by atomic mass is 16.8. The molecule has 6 aliphatic heterocycles. The Hall–Kier alpha value is -1.94. The van der Waals surface area contributed by atoms with Crippen molar-refractivity contribution in [1.82, 2.24) is 10.6 Å². The summed E-state index contributed by atoms with van der Waals surface area (Å²) in [6.45, 7) is -0.233. The van der Waals surface area contributed by atoms with Crippen molar-refractivity contribution in [3.8, 4) is 0 Å². The highest BCUT2D eigenvalue weighted by Crippen LogP contribution is 2.39. The van der Waals surface area contributed by atoms with Crippen molar-refractivity contribution in [2.24, 2.45) is 0 Å². The Balaban J connectivity index is 1.54. The molecule has 6 fully saturated rings. The lowest BCUT2D eigenvalue weighted by Gasteiger charge is -2.51. The maximum atomic E-state index is 12.8. The van der Waals surface area contributed by atoms with E-state index in [9.17, 15) is 70.9 Å². The van der Waals surface area contributed by atoms with E-state index in [0.717, 1.165) is 13.8 Å². The van der Waals surface area contributed by atoms with Crippen LogP contribution in [0.1, 0.15) is 20.8 Å². The van der Waals surface area contributed by atoms with Crippen molar-refractivity contribution in [2.45, 2.75) is 174 Å². The molecular formula is C34H56N2O24. The average Bonchev–Trinajstić information content (AvgIpc) is 3.20. The van der Waals surface area contributed by atoms with Gasteiger partial charge in [0.15, 0.2) is 31.5 Å². The number of amides is 2. The van der Waals surface area contributed by atoms with Gasteiger partial charge in [0, 0.05) is 13.8 Å². The van der Waals surface area contributed by atoms with Gasteiger partial charge in [0.1, 0.15) is 116 Å². The minimum atomic E-state index is -2.05. The lowest BCUT2D eigenvalue weighted by molar-refractivity contribution is -0.405. The molecule has 0 unspecified atom stereocenters. The van der Waals surface area contributed by atoms with Crippen LogP contribution in [0.25, 0.3) is 0 Å². The Morgan fingerprint density at radius 3 is 1.33 bits per heavy atom. The van der Waals surface area contributed by atoms with Crippen molar-refractivity contribution in [2.75, 3.05) is 26.4 Å². The van der Waals surface area contributed by atoms with E-state index in [1.165, 1.54) is 6.92 Å². The summed E-state index contributed by atoms with van der Waals surface area (Å²) in [6.07, 6.45) is -41.7. The van der Waals surface area contributed by atoms with Gasteiger partial charge in [-0.3, -0.25) is 9.59 Å². The maximum Gasteiger partial charge on any atom is 0.217 e. The summed E-state index contributed by atoms with van der Waals surface area (Å²) in [5.41, 5.74) is 0. The number of carbonyl (C=O) groups is 2. The van der Waals surface area contributed by atoms with Crippen molar-refractivity contribution >= 4 is 11.8 Å². The summed E-state index contributed by atoms with van der Waals surface area (Å²) in [6, 6.07) is -3.27. The molecule has 6 rings (SSSR count). The van der Waals surface area contributed by atoms with Gasteiger partial charge in [-0.1, -0.05) is 0 Å². The Morgan fingerprint density at radius 2 is 0.850 bits per heavy atom. The molecule has 6 saturated heterocycles. The van der Waals surface area contributed by atoms with Gasteiger partial charge in [0.2, 0.25) is 11.8 Å². The van der Waals surface area contributed by atoms with Crippen molar-refractivity contribution in [3.05, 3.63) is 0 Å². The van der Waals surface area contributed by atoms with E-state index >= 15 is 0 Å². The summed E-state index contributed by atoms with van der Waals surface area (Å²) < 4.78 is 60.3. The Kier molecular flexibility index (Phi) is 15.7. The number of ether oxygens (including phenoxy) is 10. The lowest BCUT2D eigenvalue weighted by Crippen LogP contribution is -2.71. The first-order valence-electron chi connectivity index (χ1n) is 19.4. The highest BCUT2D eigenvalue weighted by Gasteiger charge is 2.59. The number of aliphatic hydroxyl groups excluding tert-OH is 12. The first-order chi connectivity index (χ1) is 28.4. The number of hydrogen-bond donors (Lipinski definition) is 14. The molecule has 0 saturated carbocycles. The molecule has 2 amide bonds. The van der Waals surface area contributed by atoms with E-state index in [0.29, 0.717) is 0 Å². The van der Waals surface area contributed by atoms with E-state index < -0.39 is 192 Å². The molecule has 60 heavy (non-hydrogen) atoms. The summed E-state index contributed by atoms with van der Waals surface area (Å²) >= 11 is 0. The molecule has 0 radical (unpaired) electrons. The van der Waals surface area contributed by atoms with Crippen molar-refractivity contribution in [1.29, 1.82) is 0 Å². The minimum Gasteiger partial charge on any atom is -0.394 e. The third-order valence-electron chi connectivity index (χ3n) is 11.3. The second-order valence-corrected chi connectivity index (χ2v) is 15.5. The molecule has 0 spiro atoms. The highest BCUT2D eigenvalue weighted by molar-refractivity contribution is 5.73. The van der Waals surface area contributed by atoms with Crippen LogP contribution in [0.2, 0.25) is 0 Å². The van der Waals surface area contributed by atoms with Gasteiger partial charge in [-0.15, -0.1) is 0 Å². The fourth-order valence-corrected chi connectivity index (χ4v) is 8.13. The van der Waals surface area contributed by atoms with Crippen LogP contribution in [-0.2, 0) is 57.0 Å². The fraction of sp³-hybridized carbons (Fsp3) is 0.941. The largest absolute Gasteiger partial charge is 0.394 e. The Morgan fingerprint density at radius 1 is 0.450 bits per heavy atom. The quantitative estimate of drug-likeness (QED) is 0.108. The zero-order valence-electron chi connectivity index (χ0n) is 32.5. The van der Waals surface area contributed by atoms with Gasteiger partial charge in [-0.25, -0.2) is 0 Å². The van der Waals surface area contributed by atoms with Crippen molar-refractivity contribution < 1.29 is 118 Å². The number of aliphatic hydroxyl groups is 12. The van der Waals surface area contributed by atoms with Gasteiger partial charge in [0.25, 0.3) is 0 Å². The Labute approximate surface area is 341 Å². The summed E-state index contributed by atoms with van der Waals surface area (Å²) in [5.74, 6) is -1.53. The minimum absolute atomic E-state index is 0.761. The topological polar surface area (TPSA) is 393 Å². The zero-order valence-corrected chi connectivity index (χ0v) is 32.5. The molecule has 0 aromatic carbocycles. The number of rotatable bonds is 8. The molecule has 6 aliphatic rings. The monoisotopic (exact) mass is 876 g/mol. The lowest BCUT2D eigenvalue weighted by atomic mass is 9.93. The molecule has 6 heterocycles. The van der Waals surface area contributed by atoms with Crippen LogP contribution in [0.15, 0.2) is 0 Å². The number of hydrogen-bond acceptors (Lipinski definition) is 24. The van der Waals surface area contributed by atoms with Crippen LogP contribution in [0.3, 0.4) is 0 Å². The predicted octanol–water partition coefficient (Wildman–Crippen LogP) is -9.56. The van der Waals surface area contributed by atoms with Crippen LogP contribution in [-0.4, -0.2) is 253 Å².